The molecule has 0 aromatic heterocycles. The minimum Gasteiger partial charge on any atom is -0.373 e. The molecule has 0 bridgehead atoms. The number of aliphatic hydroxyl groups is 1. The molecule has 0 saturated heterocycles. The first-order chi connectivity index (χ1) is 10.6. The van der Waals surface area contributed by atoms with Crippen LogP contribution in [0.5, 0.6) is 0 Å². The highest BCUT2D eigenvalue weighted by atomic mass is 16.3. The van der Waals surface area contributed by atoms with Gasteiger partial charge in [-0.05, 0) is 42.8 Å². The molecule has 0 spiro atoms. The van der Waals surface area contributed by atoms with Crippen molar-refractivity contribution in [1.82, 2.24) is 4.90 Å². The summed E-state index contributed by atoms with van der Waals surface area (Å²) < 4.78 is 0. The van der Waals surface area contributed by atoms with Crippen LogP contribution in [0, 0.1) is 0 Å². The Kier molecular flexibility index (Phi) is 3.71. The van der Waals surface area contributed by atoms with Gasteiger partial charge >= 0.3 is 0 Å². The van der Waals surface area contributed by atoms with Crippen LogP contribution in [0.2, 0.25) is 0 Å². The van der Waals surface area contributed by atoms with Crippen molar-refractivity contribution in [3.63, 3.8) is 0 Å². The number of carbonyl (C=O) groups is 2. The summed E-state index contributed by atoms with van der Waals surface area (Å²) in [6, 6.07) is 9.27. The first kappa shape index (κ1) is 14.7. The summed E-state index contributed by atoms with van der Waals surface area (Å²) in [5, 5.41) is 11.4. The number of carbonyl (C=O) groups excluding carboxylic acids is 2. The van der Waals surface area contributed by atoms with E-state index in [9.17, 15) is 14.7 Å². The fraction of sp³-hybridized carbons (Fsp3) is 0.333. The van der Waals surface area contributed by atoms with Crippen molar-refractivity contribution in [3.8, 4) is 0 Å². The fourth-order valence-electron chi connectivity index (χ4n) is 3.10. The summed E-state index contributed by atoms with van der Waals surface area (Å²) in [5.74, 6) is -0.850. The van der Waals surface area contributed by atoms with Gasteiger partial charge in [0.05, 0.1) is 0 Å². The molecule has 22 heavy (non-hydrogen) atoms. The number of nitrogens with zero attached hydrogens (tertiary/aromatic N) is 1. The monoisotopic (exact) mass is 297 g/mol. The maximum atomic E-state index is 12.5. The van der Waals surface area contributed by atoms with E-state index < -0.39 is 18.0 Å². The molecule has 1 heterocycles. The molecule has 1 aliphatic rings. The molecule has 0 fully saturated rings. The molecule has 0 saturated carbocycles. The Bertz CT molecular complexity index is 742. The number of amides is 2. The van der Waals surface area contributed by atoms with Crippen LogP contribution in [0.3, 0.4) is 0 Å². The third-order valence-electron chi connectivity index (χ3n) is 4.20. The number of imide groups is 1. The van der Waals surface area contributed by atoms with Gasteiger partial charge < -0.3 is 5.11 Å². The molecule has 2 aromatic rings. The van der Waals surface area contributed by atoms with Crippen molar-refractivity contribution in [2.75, 3.05) is 0 Å². The molecule has 0 radical (unpaired) electrons. The van der Waals surface area contributed by atoms with Crippen molar-refractivity contribution in [3.05, 3.63) is 47.0 Å². The third-order valence-corrected chi connectivity index (χ3v) is 4.20. The van der Waals surface area contributed by atoms with Crippen LogP contribution < -0.4 is 0 Å². The molecule has 1 aliphatic heterocycles. The molecule has 1 unspecified atom stereocenters. The van der Waals surface area contributed by atoms with Crippen LogP contribution in [0.4, 0.5) is 0 Å². The standard InChI is InChI=1S/C18H19NO3/c1-3-4-6-12-9-10-15-16-13(12)7-5-8-14(16)17(21)19(11(2)20)18(15)22/h5,7-11,20H,3-4,6H2,1-2H3. The summed E-state index contributed by atoms with van der Waals surface area (Å²) in [6.45, 7) is 3.56. The van der Waals surface area contributed by atoms with Gasteiger partial charge in [0.1, 0.15) is 6.23 Å². The van der Waals surface area contributed by atoms with E-state index in [4.69, 9.17) is 0 Å². The first-order valence-electron chi connectivity index (χ1n) is 7.66. The zero-order valence-electron chi connectivity index (χ0n) is 12.8. The van der Waals surface area contributed by atoms with Crippen molar-refractivity contribution < 1.29 is 14.7 Å². The summed E-state index contributed by atoms with van der Waals surface area (Å²) in [7, 11) is 0. The number of hydrogen-bond donors (Lipinski definition) is 1. The van der Waals surface area contributed by atoms with Gasteiger partial charge in [0.15, 0.2) is 0 Å². The molecular formula is C18H19NO3. The van der Waals surface area contributed by atoms with E-state index >= 15 is 0 Å². The van der Waals surface area contributed by atoms with Gasteiger partial charge in [-0.25, -0.2) is 4.90 Å². The highest BCUT2D eigenvalue weighted by Gasteiger charge is 2.35. The van der Waals surface area contributed by atoms with Gasteiger partial charge in [0.25, 0.3) is 11.8 Å². The normalized spacial score (nSPS) is 15.5. The first-order valence-corrected chi connectivity index (χ1v) is 7.66. The van der Waals surface area contributed by atoms with Gasteiger partial charge in [0.2, 0.25) is 0 Å². The van der Waals surface area contributed by atoms with Crippen LogP contribution in [0.25, 0.3) is 10.8 Å². The van der Waals surface area contributed by atoms with Gasteiger partial charge in [0, 0.05) is 16.5 Å². The topological polar surface area (TPSA) is 57.6 Å². The van der Waals surface area contributed by atoms with E-state index in [0.29, 0.717) is 11.1 Å². The summed E-state index contributed by atoms with van der Waals surface area (Å²) in [4.78, 5) is 26.0. The Labute approximate surface area is 129 Å². The molecule has 0 aliphatic carbocycles. The van der Waals surface area contributed by atoms with Gasteiger partial charge in [-0.15, -0.1) is 0 Å². The van der Waals surface area contributed by atoms with Crippen LogP contribution in [0.15, 0.2) is 30.3 Å². The van der Waals surface area contributed by atoms with E-state index in [0.717, 1.165) is 40.5 Å². The maximum Gasteiger partial charge on any atom is 0.263 e. The summed E-state index contributed by atoms with van der Waals surface area (Å²) >= 11 is 0. The molecule has 3 rings (SSSR count). The SMILES string of the molecule is CCCCc1ccc2c3c(cccc13)C(=O)N(C(C)O)C2=O. The van der Waals surface area contributed by atoms with Crippen LogP contribution >= 0.6 is 0 Å². The highest BCUT2D eigenvalue weighted by Crippen LogP contribution is 2.33. The van der Waals surface area contributed by atoms with Gasteiger partial charge in [-0.2, -0.15) is 0 Å². The van der Waals surface area contributed by atoms with Crippen LogP contribution in [-0.2, 0) is 6.42 Å². The highest BCUT2D eigenvalue weighted by molar-refractivity contribution is 6.25. The Morgan fingerprint density at radius 2 is 1.77 bits per heavy atom. The lowest BCUT2D eigenvalue weighted by molar-refractivity contribution is 0.0170. The number of benzene rings is 2. The van der Waals surface area contributed by atoms with E-state index in [2.05, 4.69) is 6.92 Å². The summed E-state index contributed by atoms with van der Waals surface area (Å²) in [5.41, 5.74) is 2.14. The third kappa shape index (κ3) is 2.11. The van der Waals surface area contributed by atoms with E-state index in [1.807, 2.05) is 18.2 Å². The Hall–Kier alpha value is -2.20. The molecule has 2 amide bonds. The predicted molar refractivity (Wildman–Crippen MR) is 84.7 cm³/mol. The Morgan fingerprint density at radius 3 is 2.41 bits per heavy atom. The van der Waals surface area contributed by atoms with E-state index in [1.165, 1.54) is 6.92 Å². The van der Waals surface area contributed by atoms with Crippen LogP contribution in [-0.4, -0.2) is 28.0 Å². The minimum absolute atomic E-state index is 0.425. The Morgan fingerprint density at radius 1 is 1.09 bits per heavy atom. The quantitative estimate of drug-likeness (QED) is 0.882. The fourth-order valence-corrected chi connectivity index (χ4v) is 3.10. The van der Waals surface area contributed by atoms with Crippen molar-refractivity contribution >= 4 is 22.6 Å². The molecule has 4 heteroatoms. The Balaban J connectivity index is 2.25. The maximum absolute atomic E-state index is 12.5. The zero-order valence-corrected chi connectivity index (χ0v) is 12.8. The lowest BCUT2D eigenvalue weighted by Crippen LogP contribution is -2.45. The molecular weight excluding hydrogens is 278 g/mol. The van der Waals surface area contributed by atoms with Crippen molar-refractivity contribution in [2.45, 2.75) is 39.3 Å². The zero-order chi connectivity index (χ0) is 15.9. The average molecular weight is 297 g/mol. The lowest BCUT2D eigenvalue weighted by atomic mass is 9.90. The second-order valence-electron chi connectivity index (χ2n) is 5.72. The predicted octanol–water partition coefficient (Wildman–Crippen LogP) is 3.12. The van der Waals surface area contributed by atoms with Gasteiger partial charge in [-0.3, -0.25) is 9.59 Å². The second kappa shape index (κ2) is 5.54. The second-order valence-corrected chi connectivity index (χ2v) is 5.72. The minimum atomic E-state index is -1.14. The van der Waals surface area contributed by atoms with Gasteiger partial charge in [-0.1, -0.05) is 31.5 Å². The van der Waals surface area contributed by atoms with Crippen molar-refractivity contribution in [2.24, 2.45) is 0 Å². The lowest BCUT2D eigenvalue weighted by Gasteiger charge is -2.29. The smallest absolute Gasteiger partial charge is 0.263 e. The number of rotatable bonds is 4. The van der Waals surface area contributed by atoms with Crippen LogP contribution in [0.1, 0.15) is 53.0 Å². The summed E-state index contributed by atoms with van der Waals surface area (Å²) in [6.07, 6.45) is 1.96. The molecule has 4 nitrogen and oxygen atoms in total. The molecule has 1 atom stereocenters. The number of aliphatic hydroxyl groups excluding tert-OH is 1. The van der Waals surface area contributed by atoms with Crippen molar-refractivity contribution in [1.29, 1.82) is 0 Å². The number of unbranched alkanes of at least 4 members (excludes halogenated alkanes) is 1. The van der Waals surface area contributed by atoms with E-state index in [1.54, 1.807) is 12.1 Å². The van der Waals surface area contributed by atoms with E-state index in [-0.39, 0.29) is 0 Å². The molecule has 114 valence electrons. The molecule has 1 N–H and O–H groups in total. The average Bonchev–Trinajstić information content (AvgIpc) is 2.50. The number of hydrogen-bond acceptors (Lipinski definition) is 3. The number of aryl methyl sites for hydroxylation is 1. The molecule has 2 aromatic carbocycles. The largest absolute Gasteiger partial charge is 0.373 e.